The quantitative estimate of drug-likeness (QED) is 0.680. The Morgan fingerprint density at radius 2 is 1.85 bits per heavy atom. The Bertz CT molecular complexity index is 281. The molecule has 2 aliphatic carbocycles. The highest BCUT2D eigenvalue weighted by Crippen LogP contribution is 2.37. The standard InChI is InChI=1S/C8H16N2O2S/c9-5-6-10(7-1-2-7)13(11,12)8-3-4-8/h7-8H,1-6,9H2. The molecule has 4 nitrogen and oxygen atoms in total. The van der Waals surface area contributed by atoms with Gasteiger partial charge in [-0.25, -0.2) is 8.42 Å². The summed E-state index contributed by atoms with van der Waals surface area (Å²) < 4.78 is 25.3. The molecule has 2 rings (SSSR count). The molecule has 0 saturated heterocycles. The van der Waals surface area contributed by atoms with E-state index in [9.17, 15) is 8.42 Å². The largest absolute Gasteiger partial charge is 0.329 e. The lowest BCUT2D eigenvalue weighted by atomic mass is 10.6. The topological polar surface area (TPSA) is 63.4 Å². The molecule has 0 unspecified atom stereocenters. The van der Waals surface area contributed by atoms with Crippen LogP contribution in [-0.4, -0.2) is 37.1 Å². The van der Waals surface area contributed by atoms with Crippen LogP contribution in [0.2, 0.25) is 0 Å². The van der Waals surface area contributed by atoms with Gasteiger partial charge in [0.2, 0.25) is 10.0 Å². The Kier molecular flexibility index (Phi) is 2.33. The molecule has 2 aliphatic rings. The summed E-state index contributed by atoms with van der Waals surface area (Å²) in [4.78, 5) is 0. The molecule has 0 heterocycles. The van der Waals surface area contributed by atoms with Crippen LogP contribution in [0.1, 0.15) is 25.7 Å². The minimum Gasteiger partial charge on any atom is -0.329 e. The Morgan fingerprint density at radius 1 is 1.23 bits per heavy atom. The van der Waals surface area contributed by atoms with E-state index in [1.54, 1.807) is 4.31 Å². The number of rotatable bonds is 5. The van der Waals surface area contributed by atoms with E-state index in [0.29, 0.717) is 13.1 Å². The predicted molar refractivity (Wildman–Crippen MR) is 50.7 cm³/mol. The molecular formula is C8H16N2O2S. The van der Waals surface area contributed by atoms with Gasteiger partial charge in [-0.1, -0.05) is 0 Å². The molecule has 0 aromatic heterocycles. The summed E-state index contributed by atoms with van der Waals surface area (Å²) in [5.74, 6) is 0. The van der Waals surface area contributed by atoms with Gasteiger partial charge >= 0.3 is 0 Å². The van der Waals surface area contributed by atoms with Crippen LogP contribution in [0.5, 0.6) is 0 Å². The molecular weight excluding hydrogens is 188 g/mol. The zero-order chi connectivity index (χ0) is 9.47. The van der Waals surface area contributed by atoms with Crippen molar-refractivity contribution in [1.82, 2.24) is 4.31 Å². The van der Waals surface area contributed by atoms with E-state index >= 15 is 0 Å². The molecule has 5 heteroatoms. The normalized spacial score (nSPS) is 23.8. The first-order valence-electron chi connectivity index (χ1n) is 4.87. The van der Waals surface area contributed by atoms with Gasteiger partial charge in [-0.15, -0.1) is 0 Å². The first-order chi connectivity index (χ1) is 6.16. The number of hydrogen-bond acceptors (Lipinski definition) is 3. The summed E-state index contributed by atoms with van der Waals surface area (Å²) in [6, 6.07) is 0.272. The van der Waals surface area contributed by atoms with Crippen LogP contribution < -0.4 is 5.73 Å². The average molecular weight is 204 g/mol. The summed E-state index contributed by atoms with van der Waals surface area (Å²) in [5, 5.41) is -0.0837. The van der Waals surface area contributed by atoms with Gasteiger partial charge in [-0.2, -0.15) is 4.31 Å². The first-order valence-corrected chi connectivity index (χ1v) is 6.37. The fourth-order valence-electron chi connectivity index (χ4n) is 1.56. The van der Waals surface area contributed by atoms with Gasteiger partial charge in [-0.05, 0) is 25.7 Å². The lowest BCUT2D eigenvalue weighted by Gasteiger charge is -2.20. The van der Waals surface area contributed by atoms with E-state index in [-0.39, 0.29) is 11.3 Å². The monoisotopic (exact) mass is 204 g/mol. The number of sulfonamides is 1. The van der Waals surface area contributed by atoms with Gasteiger partial charge < -0.3 is 5.73 Å². The van der Waals surface area contributed by atoms with Gasteiger partial charge in [0.25, 0.3) is 0 Å². The average Bonchev–Trinajstić information content (AvgIpc) is 2.85. The minimum absolute atomic E-state index is 0.0837. The molecule has 0 atom stereocenters. The van der Waals surface area contributed by atoms with Crippen molar-refractivity contribution < 1.29 is 8.42 Å². The van der Waals surface area contributed by atoms with Gasteiger partial charge in [0.05, 0.1) is 5.25 Å². The predicted octanol–water partition coefficient (Wildman–Crippen LogP) is -0.0983. The van der Waals surface area contributed by atoms with Crippen LogP contribution in [0.15, 0.2) is 0 Å². The molecule has 0 amide bonds. The van der Waals surface area contributed by atoms with Crippen LogP contribution >= 0.6 is 0 Å². The van der Waals surface area contributed by atoms with E-state index in [4.69, 9.17) is 5.73 Å². The minimum atomic E-state index is -2.97. The third kappa shape index (κ3) is 1.87. The second-order valence-electron chi connectivity index (χ2n) is 3.87. The third-order valence-electron chi connectivity index (χ3n) is 2.58. The highest BCUT2D eigenvalue weighted by molar-refractivity contribution is 7.90. The summed E-state index contributed by atoms with van der Waals surface area (Å²) >= 11 is 0. The van der Waals surface area contributed by atoms with Crippen molar-refractivity contribution in [3.05, 3.63) is 0 Å². The molecule has 0 bridgehead atoms. The van der Waals surface area contributed by atoms with Crippen molar-refractivity contribution in [2.24, 2.45) is 5.73 Å². The summed E-state index contributed by atoms with van der Waals surface area (Å²) in [7, 11) is -2.97. The number of nitrogens with zero attached hydrogens (tertiary/aromatic N) is 1. The van der Waals surface area contributed by atoms with Crippen molar-refractivity contribution in [3.63, 3.8) is 0 Å². The molecule has 0 radical (unpaired) electrons. The highest BCUT2D eigenvalue weighted by atomic mass is 32.2. The molecule has 0 spiro atoms. The van der Waals surface area contributed by atoms with E-state index in [0.717, 1.165) is 25.7 Å². The number of nitrogens with two attached hydrogens (primary N) is 1. The zero-order valence-electron chi connectivity index (χ0n) is 7.65. The lowest BCUT2D eigenvalue weighted by molar-refractivity contribution is 0.410. The van der Waals surface area contributed by atoms with Crippen molar-refractivity contribution in [3.8, 4) is 0 Å². The summed E-state index contributed by atoms with van der Waals surface area (Å²) in [5.41, 5.74) is 5.41. The highest BCUT2D eigenvalue weighted by Gasteiger charge is 2.45. The molecule has 2 fully saturated rings. The van der Waals surface area contributed by atoms with Crippen LogP contribution in [0.4, 0.5) is 0 Å². The number of hydrogen-bond donors (Lipinski definition) is 1. The van der Waals surface area contributed by atoms with Crippen molar-refractivity contribution in [2.75, 3.05) is 13.1 Å². The Morgan fingerprint density at radius 3 is 2.23 bits per heavy atom. The molecule has 13 heavy (non-hydrogen) atoms. The Labute approximate surface area is 79.1 Å². The van der Waals surface area contributed by atoms with E-state index in [2.05, 4.69) is 0 Å². The Hall–Kier alpha value is -0.130. The second-order valence-corrected chi connectivity index (χ2v) is 6.04. The zero-order valence-corrected chi connectivity index (χ0v) is 8.46. The summed E-state index contributed by atoms with van der Waals surface area (Å²) in [6.07, 6.45) is 3.73. The first kappa shape index (κ1) is 9.43. The van der Waals surface area contributed by atoms with E-state index in [1.807, 2.05) is 0 Å². The van der Waals surface area contributed by atoms with Crippen molar-refractivity contribution in [2.45, 2.75) is 37.0 Å². The van der Waals surface area contributed by atoms with Crippen LogP contribution in [0.25, 0.3) is 0 Å². The Balaban J connectivity index is 2.08. The molecule has 2 N–H and O–H groups in total. The van der Waals surface area contributed by atoms with Gasteiger partial charge in [0.15, 0.2) is 0 Å². The third-order valence-corrected chi connectivity index (χ3v) is 5.02. The second kappa shape index (κ2) is 3.22. The smallest absolute Gasteiger partial charge is 0.217 e. The maximum absolute atomic E-state index is 11.8. The van der Waals surface area contributed by atoms with Crippen molar-refractivity contribution >= 4 is 10.0 Å². The van der Waals surface area contributed by atoms with Crippen LogP contribution in [-0.2, 0) is 10.0 Å². The fourth-order valence-corrected chi connectivity index (χ4v) is 3.67. The van der Waals surface area contributed by atoms with Crippen molar-refractivity contribution in [1.29, 1.82) is 0 Å². The molecule has 0 aromatic rings. The fraction of sp³-hybridized carbons (Fsp3) is 1.00. The van der Waals surface area contributed by atoms with Crippen LogP contribution in [0.3, 0.4) is 0 Å². The lowest BCUT2D eigenvalue weighted by Crippen LogP contribution is -2.39. The van der Waals surface area contributed by atoms with E-state index < -0.39 is 10.0 Å². The molecule has 0 aliphatic heterocycles. The molecule has 76 valence electrons. The molecule has 2 saturated carbocycles. The SMILES string of the molecule is NCCN(C1CC1)S(=O)(=O)C1CC1. The van der Waals surface area contributed by atoms with Gasteiger partial charge in [0, 0.05) is 19.1 Å². The summed E-state index contributed by atoms with van der Waals surface area (Å²) in [6.45, 7) is 0.936. The van der Waals surface area contributed by atoms with E-state index in [1.165, 1.54) is 0 Å². The maximum atomic E-state index is 11.8. The molecule has 0 aromatic carbocycles. The van der Waals surface area contributed by atoms with Gasteiger partial charge in [-0.3, -0.25) is 0 Å². The van der Waals surface area contributed by atoms with Crippen LogP contribution in [0, 0.1) is 0 Å². The maximum Gasteiger partial charge on any atom is 0.217 e. The van der Waals surface area contributed by atoms with Gasteiger partial charge in [0.1, 0.15) is 0 Å².